The Morgan fingerprint density at radius 1 is 1.44 bits per heavy atom. The Hall–Kier alpha value is -1.38. The lowest BCUT2D eigenvalue weighted by molar-refractivity contribution is -0.156. The lowest BCUT2D eigenvalue weighted by Gasteiger charge is -2.32. The van der Waals surface area contributed by atoms with Crippen molar-refractivity contribution in [1.82, 2.24) is 10.2 Å². The predicted octanol–water partition coefficient (Wildman–Crippen LogP) is 1.68. The molecular formula is C17H22N2O4S2. The number of thiophene rings is 1. The van der Waals surface area contributed by atoms with Crippen molar-refractivity contribution in [2.75, 3.05) is 25.7 Å². The molecule has 0 aliphatic carbocycles. The number of likely N-dealkylation sites (tertiary alicyclic amines) is 1. The molecule has 4 atom stereocenters. The molecule has 3 rings (SSSR count). The number of ether oxygens (including phenoxy) is 1. The van der Waals surface area contributed by atoms with Crippen molar-refractivity contribution < 1.29 is 19.1 Å². The highest BCUT2D eigenvalue weighted by Crippen LogP contribution is 2.51. The van der Waals surface area contributed by atoms with Crippen LogP contribution < -0.4 is 5.32 Å². The summed E-state index contributed by atoms with van der Waals surface area (Å²) < 4.78 is 5.33. The maximum Gasteiger partial charge on any atom is 0.327 e. The third kappa shape index (κ3) is 2.80. The van der Waals surface area contributed by atoms with Gasteiger partial charge in [0.25, 0.3) is 0 Å². The van der Waals surface area contributed by atoms with Crippen LogP contribution in [0.25, 0.3) is 0 Å². The van der Waals surface area contributed by atoms with Crippen LogP contribution in [-0.2, 0) is 19.1 Å². The number of hydrogen-bond donors (Lipinski definition) is 1. The van der Waals surface area contributed by atoms with Crippen LogP contribution >= 0.6 is 23.1 Å². The monoisotopic (exact) mass is 382 g/mol. The SMILES string of the molecule is CCOC(=O)[C@]1(CCSC)N[C@H](c2cccs2)[C@@H]2C(=O)N(C)C(=O)[C@H]21. The van der Waals surface area contributed by atoms with Crippen molar-refractivity contribution in [3.8, 4) is 0 Å². The van der Waals surface area contributed by atoms with Crippen LogP contribution in [0.3, 0.4) is 0 Å². The first-order chi connectivity index (χ1) is 12.0. The van der Waals surface area contributed by atoms with Crippen LogP contribution in [0.15, 0.2) is 17.5 Å². The van der Waals surface area contributed by atoms with Gasteiger partial charge in [0.05, 0.1) is 24.5 Å². The molecule has 0 aromatic carbocycles. The highest BCUT2D eigenvalue weighted by Gasteiger charge is 2.68. The predicted molar refractivity (Wildman–Crippen MR) is 97.3 cm³/mol. The third-order valence-corrected chi connectivity index (χ3v) is 6.63. The Morgan fingerprint density at radius 2 is 2.20 bits per heavy atom. The third-order valence-electron chi connectivity index (χ3n) is 5.06. The largest absolute Gasteiger partial charge is 0.465 e. The van der Waals surface area contributed by atoms with Crippen LogP contribution in [0.5, 0.6) is 0 Å². The number of carbonyl (C=O) groups is 3. The first-order valence-corrected chi connectivity index (χ1v) is 10.5. The van der Waals surface area contributed by atoms with E-state index in [2.05, 4.69) is 5.32 Å². The fourth-order valence-corrected chi connectivity index (χ4v) is 5.25. The summed E-state index contributed by atoms with van der Waals surface area (Å²) in [5.41, 5.74) is -1.16. The summed E-state index contributed by atoms with van der Waals surface area (Å²) in [5, 5.41) is 5.30. The summed E-state index contributed by atoms with van der Waals surface area (Å²) in [4.78, 5) is 40.7. The van der Waals surface area contributed by atoms with Gasteiger partial charge >= 0.3 is 5.97 Å². The summed E-state index contributed by atoms with van der Waals surface area (Å²) in [6, 6.07) is 3.50. The molecule has 6 nitrogen and oxygen atoms in total. The van der Waals surface area contributed by atoms with E-state index >= 15 is 0 Å². The highest BCUT2D eigenvalue weighted by atomic mass is 32.2. The van der Waals surface area contributed by atoms with Crippen LogP contribution in [0.1, 0.15) is 24.3 Å². The second-order valence-electron chi connectivity index (χ2n) is 6.31. The molecular weight excluding hydrogens is 360 g/mol. The normalized spacial score (nSPS) is 31.5. The fourth-order valence-electron chi connectivity index (χ4n) is 3.90. The first kappa shape index (κ1) is 18.4. The molecule has 8 heteroatoms. The number of amides is 2. The molecule has 2 amide bonds. The van der Waals surface area contributed by atoms with Crippen molar-refractivity contribution in [3.05, 3.63) is 22.4 Å². The first-order valence-electron chi connectivity index (χ1n) is 8.26. The molecule has 2 aliphatic heterocycles. The maximum absolute atomic E-state index is 12.9. The van der Waals surface area contributed by atoms with Gasteiger partial charge in [-0.25, -0.2) is 0 Å². The number of hydrogen-bond acceptors (Lipinski definition) is 7. The van der Waals surface area contributed by atoms with E-state index in [1.165, 1.54) is 23.3 Å². The van der Waals surface area contributed by atoms with E-state index in [0.29, 0.717) is 12.2 Å². The quantitative estimate of drug-likeness (QED) is 0.596. The molecule has 2 aliphatic rings. The molecule has 1 aromatic heterocycles. The number of nitrogens with one attached hydrogen (secondary N) is 1. The second-order valence-corrected chi connectivity index (χ2v) is 8.28. The number of esters is 1. The van der Waals surface area contributed by atoms with Crippen molar-refractivity contribution >= 4 is 40.9 Å². The zero-order valence-electron chi connectivity index (χ0n) is 14.5. The molecule has 0 radical (unpaired) electrons. The molecule has 0 unspecified atom stereocenters. The van der Waals surface area contributed by atoms with E-state index < -0.39 is 23.3 Å². The minimum Gasteiger partial charge on any atom is -0.465 e. The van der Waals surface area contributed by atoms with Crippen LogP contribution in [0.4, 0.5) is 0 Å². The summed E-state index contributed by atoms with van der Waals surface area (Å²) >= 11 is 3.12. The summed E-state index contributed by atoms with van der Waals surface area (Å²) in [5.74, 6) is -1.55. The molecule has 136 valence electrons. The smallest absolute Gasteiger partial charge is 0.327 e. The van der Waals surface area contributed by atoms with E-state index in [0.717, 1.165) is 4.88 Å². The molecule has 1 aromatic rings. The standard InChI is InChI=1S/C17H22N2O4S2/c1-4-23-16(22)17(7-9-24-3)12-11(14(20)19(2)15(12)21)13(18-17)10-6-5-8-25-10/h5-6,8,11-13,18H,4,7,9H2,1-3H3/t11-,12+,13-,17-/m1/s1. The fraction of sp³-hybridized carbons (Fsp3) is 0.588. The Labute approximate surface area is 155 Å². The Morgan fingerprint density at radius 3 is 2.80 bits per heavy atom. The number of imide groups is 1. The average molecular weight is 383 g/mol. The van der Waals surface area contributed by atoms with Crippen molar-refractivity contribution in [1.29, 1.82) is 0 Å². The second kappa shape index (κ2) is 7.09. The van der Waals surface area contributed by atoms with Crippen LogP contribution in [0.2, 0.25) is 0 Å². The number of carbonyl (C=O) groups excluding carboxylic acids is 3. The molecule has 2 saturated heterocycles. The minimum atomic E-state index is -1.16. The van der Waals surface area contributed by atoms with Gasteiger partial charge in [-0.3, -0.25) is 24.6 Å². The topological polar surface area (TPSA) is 75.7 Å². The van der Waals surface area contributed by atoms with Gasteiger partial charge < -0.3 is 4.74 Å². The van der Waals surface area contributed by atoms with E-state index in [1.807, 2.05) is 23.8 Å². The molecule has 0 bridgehead atoms. The Kier molecular flexibility index (Phi) is 5.22. The van der Waals surface area contributed by atoms with Gasteiger partial charge in [-0.2, -0.15) is 11.8 Å². The van der Waals surface area contributed by atoms with Gasteiger partial charge in [0.15, 0.2) is 0 Å². The van der Waals surface area contributed by atoms with Crippen molar-refractivity contribution in [2.45, 2.75) is 24.9 Å². The average Bonchev–Trinajstić information content (AvgIpc) is 3.28. The minimum absolute atomic E-state index is 0.226. The van der Waals surface area contributed by atoms with Gasteiger partial charge in [0.2, 0.25) is 11.8 Å². The van der Waals surface area contributed by atoms with Gasteiger partial charge in [-0.1, -0.05) is 6.07 Å². The Balaban J connectivity index is 2.09. The number of rotatable bonds is 6. The van der Waals surface area contributed by atoms with Crippen molar-refractivity contribution in [2.24, 2.45) is 11.8 Å². The van der Waals surface area contributed by atoms with Crippen LogP contribution in [0, 0.1) is 11.8 Å². The van der Waals surface area contributed by atoms with Gasteiger partial charge in [0.1, 0.15) is 5.54 Å². The zero-order chi connectivity index (χ0) is 18.2. The lowest BCUT2D eigenvalue weighted by atomic mass is 9.78. The van der Waals surface area contributed by atoms with Gasteiger partial charge in [-0.05, 0) is 36.8 Å². The molecule has 25 heavy (non-hydrogen) atoms. The summed E-state index contributed by atoms with van der Waals surface area (Å²) in [6.45, 7) is 1.98. The number of thioether (sulfide) groups is 1. The molecule has 0 saturated carbocycles. The molecule has 0 spiro atoms. The summed E-state index contributed by atoms with van der Waals surface area (Å²) in [6.07, 6.45) is 2.40. The summed E-state index contributed by atoms with van der Waals surface area (Å²) in [7, 11) is 1.50. The van der Waals surface area contributed by atoms with E-state index in [-0.39, 0.29) is 24.5 Å². The van der Waals surface area contributed by atoms with Crippen LogP contribution in [-0.4, -0.2) is 53.9 Å². The van der Waals surface area contributed by atoms with Gasteiger partial charge in [0, 0.05) is 11.9 Å². The van der Waals surface area contributed by atoms with E-state index in [4.69, 9.17) is 4.74 Å². The zero-order valence-corrected chi connectivity index (χ0v) is 16.1. The highest BCUT2D eigenvalue weighted by molar-refractivity contribution is 7.98. The molecule has 1 N–H and O–H groups in total. The van der Waals surface area contributed by atoms with E-state index in [9.17, 15) is 14.4 Å². The molecule has 3 heterocycles. The number of nitrogens with zero attached hydrogens (tertiary/aromatic N) is 1. The lowest BCUT2D eigenvalue weighted by Crippen LogP contribution is -2.56. The van der Waals surface area contributed by atoms with Crippen molar-refractivity contribution in [3.63, 3.8) is 0 Å². The molecule has 2 fully saturated rings. The number of fused-ring (bicyclic) bond motifs is 1. The maximum atomic E-state index is 12.9. The Bertz CT molecular complexity index is 678. The van der Waals surface area contributed by atoms with E-state index in [1.54, 1.807) is 18.7 Å². The van der Waals surface area contributed by atoms with Gasteiger partial charge in [-0.15, -0.1) is 11.3 Å².